The maximum absolute atomic E-state index is 10.7. The molecule has 1 aliphatic carbocycles. The van der Waals surface area contributed by atoms with Gasteiger partial charge in [0.2, 0.25) is 0 Å². The Morgan fingerprint density at radius 3 is 2.96 bits per heavy atom. The van der Waals surface area contributed by atoms with Gasteiger partial charge in [-0.2, -0.15) is 0 Å². The first-order valence-electron chi connectivity index (χ1n) is 8.57. The van der Waals surface area contributed by atoms with Gasteiger partial charge in [-0.1, -0.05) is 18.2 Å². The van der Waals surface area contributed by atoms with Crippen molar-refractivity contribution in [1.29, 1.82) is 0 Å². The average molecular weight is 325 g/mol. The summed E-state index contributed by atoms with van der Waals surface area (Å²) in [7, 11) is 0. The molecule has 126 valence electrons. The van der Waals surface area contributed by atoms with Gasteiger partial charge < -0.3 is 9.84 Å². The van der Waals surface area contributed by atoms with Crippen LogP contribution in [0.25, 0.3) is 0 Å². The maximum atomic E-state index is 10.7. The van der Waals surface area contributed by atoms with E-state index in [9.17, 15) is 4.79 Å². The van der Waals surface area contributed by atoms with Gasteiger partial charge in [0.25, 0.3) is 0 Å². The molecule has 1 heterocycles. The molecule has 0 radical (unpaired) electrons. The summed E-state index contributed by atoms with van der Waals surface area (Å²) < 4.78 is 5.43. The summed E-state index contributed by atoms with van der Waals surface area (Å²) in [6.45, 7) is -0.274. The van der Waals surface area contributed by atoms with E-state index in [0.717, 1.165) is 43.5 Å². The third-order valence-electron chi connectivity index (χ3n) is 4.66. The van der Waals surface area contributed by atoms with Crippen LogP contribution in [0.2, 0.25) is 0 Å². The fraction of sp³-hybridized carbons (Fsp3) is 0.400. The fourth-order valence-corrected chi connectivity index (χ4v) is 3.49. The van der Waals surface area contributed by atoms with Crippen LogP contribution in [-0.4, -0.2) is 22.7 Å². The van der Waals surface area contributed by atoms with Crippen LogP contribution in [0.4, 0.5) is 0 Å². The van der Waals surface area contributed by atoms with E-state index in [1.54, 1.807) is 0 Å². The average Bonchev–Trinajstić information content (AvgIpc) is 2.60. The molecule has 1 atom stereocenters. The molecule has 0 aliphatic heterocycles. The van der Waals surface area contributed by atoms with E-state index in [1.165, 1.54) is 17.5 Å². The van der Waals surface area contributed by atoms with Crippen LogP contribution >= 0.6 is 0 Å². The van der Waals surface area contributed by atoms with Crippen LogP contribution in [0.3, 0.4) is 0 Å². The molecule has 3 rings (SSSR count). The van der Waals surface area contributed by atoms with Crippen molar-refractivity contribution in [2.24, 2.45) is 5.92 Å². The van der Waals surface area contributed by atoms with Crippen LogP contribution in [-0.2, 0) is 24.1 Å². The van der Waals surface area contributed by atoms with Crippen LogP contribution in [0, 0.1) is 5.92 Å². The smallest absolute Gasteiger partial charge is 0.341 e. The Kier molecular flexibility index (Phi) is 5.47. The Bertz CT molecular complexity index is 685. The molecule has 0 amide bonds. The molecule has 0 bridgehead atoms. The van der Waals surface area contributed by atoms with Crippen molar-refractivity contribution in [1.82, 2.24) is 4.98 Å². The lowest BCUT2D eigenvalue weighted by atomic mass is 9.81. The number of ether oxygens (including phenoxy) is 1. The highest BCUT2D eigenvalue weighted by Crippen LogP contribution is 2.34. The van der Waals surface area contributed by atoms with Crippen LogP contribution in [0.15, 0.2) is 42.6 Å². The summed E-state index contributed by atoms with van der Waals surface area (Å²) in [6.07, 6.45) is 8.42. The molecule has 2 aromatic rings. The van der Waals surface area contributed by atoms with Crippen molar-refractivity contribution in [2.75, 3.05) is 6.61 Å². The van der Waals surface area contributed by atoms with Crippen molar-refractivity contribution in [3.05, 3.63) is 59.4 Å². The molecule has 1 aliphatic rings. The van der Waals surface area contributed by atoms with Gasteiger partial charge in [0.15, 0.2) is 6.61 Å². The van der Waals surface area contributed by atoms with E-state index < -0.39 is 5.97 Å². The first-order chi connectivity index (χ1) is 11.7. The first-order valence-corrected chi connectivity index (χ1v) is 8.57. The molecular formula is C20H23NO3. The lowest BCUT2D eigenvalue weighted by Gasteiger charge is -2.26. The van der Waals surface area contributed by atoms with Crippen LogP contribution in [0.1, 0.15) is 36.1 Å². The van der Waals surface area contributed by atoms with Gasteiger partial charge in [-0.3, -0.25) is 4.98 Å². The molecule has 1 unspecified atom stereocenters. The maximum Gasteiger partial charge on any atom is 0.341 e. The third kappa shape index (κ3) is 4.34. The number of carboxylic acid groups (broad SMARTS) is 1. The van der Waals surface area contributed by atoms with Gasteiger partial charge in [0, 0.05) is 11.9 Å². The molecule has 0 fully saturated rings. The zero-order valence-corrected chi connectivity index (χ0v) is 13.8. The topological polar surface area (TPSA) is 59.4 Å². The van der Waals surface area contributed by atoms with Crippen molar-refractivity contribution in [2.45, 2.75) is 38.5 Å². The number of fused-ring (bicyclic) bond motifs is 1. The highest BCUT2D eigenvalue weighted by molar-refractivity contribution is 5.68. The largest absolute Gasteiger partial charge is 0.482 e. The highest BCUT2D eigenvalue weighted by atomic mass is 16.5. The molecule has 4 heteroatoms. The summed E-state index contributed by atoms with van der Waals surface area (Å²) in [4.78, 5) is 15.1. The number of pyridine rings is 1. The Hall–Kier alpha value is -2.36. The van der Waals surface area contributed by atoms with Crippen molar-refractivity contribution >= 4 is 5.97 Å². The minimum absolute atomic E-state index is 0.274. The van der Waals surface area contributed by atoms with Gasteiger partial charge in [-0.15, -0.1) is 0 Å². The Morgan fingerprint density at radius 2 is 2.17 bits per heavy atom. The van der Waals surface area contributed by atoms with E-state index in [0.29, 0.717) is 5.92 Å². The summed E-state index contributed by atoms with van der Waals surface area (Å²) in [5.74, 6) is 0.494. The van der Waals surface area contributed by atoms with Crippen LogP contribution in [0.5, 0.6) is 5.75 Å². The normalized spacial score (nSPS) is 16.4. The second-order valence-electron chi connectivity index (χ2n) is 6.40. The van der Waals surface area contributed by atoms with Gasteiger partial charge in [-0.05, 0) is 73.8 Å². The van der Waals surface area contributed by atoms with E-state index in [1.807, 2.05) is 30.5 Å². The molecule has 24 heavy (non-hydrogen) atoms. The lowest BCUT2D eigenvalue weighted by Crippen LogP contribution is -2.17. The van der Waals surface area contributed by atoms with Gasteiger partial charge in [0.05, 0.1) is 0 Å². The van der Waals surface area contributed by atoms with Gasteiger partial charge >= 0.3 is 5.97 Å². The molecular weight excluding hydrogens is 302 g/mol. The molecule has 0 spiro atoms. The van der Waals surface area contributed by atoms with E-state index >= 15 is 0 Å². The monoisotopic (exact) mass is 325 g/mol. The number of hydrogen-bond acceptors (Lipinski definition) is 3. The third-order valence-corrected chi connectivity index (χ3v) is 4.66. The Balaban J connectivity index is 1.54. The zero-order valence-electron chi connectivity index (χ0n) is 13.8. The quantitative estimate of drug-likeness (QED) is 0.844. The second-order valence-corrected chi connectivity index (χ2v) is 6.40. The van der Waals surface area contributed by atoms with E-state index in [2.05, 4.69) is 17.1 Å². The predicted octanol–water partition coefficient (Wildman–Crippen LogP) is 3.67. The molecule has 1 aromatic carbocycles. The number of nitrogens with zero attached hydrogens (tertiary/aromatic N) is 1. The van der Waals surface area contributed by atoms with Crippen molar-refractivity contribution < 1.29 is 14.6 Å². The predicted molar refractivity (Wildman–Crippen MR) is 92.3 cm³/mol. The number of rotatable bonds is 7. The summed E-state index contributed by atoms with van der Waals surface area (Å²) >= 11 is 0. The summed E-state index contributed by atoms with van der Waals surface area (Å²) in [6, 6.07) is 12.1. The van der Waals surface area contributed by atoms with Crippen molar-refractivity contribution in [3.63, 3.8) is 0 Å². The molecule has 1 N–H and O–H groups in total. The number of benzene rings is 1. The Labute approximate surface area is 142 Å². The summed E-state index contributed by atoms with van der Waals surface area (Å²) in [5, 5.41) is 8.78. The second kappa shape index (κ2) is 7.95. The van der Waals surface area contributed by atoms with E-state index in [4.69, 9.17) is 9.84 Å². The lowest BCUT2D eigenvalue weighted by molar-refractivity contribution is -0.139. The molecule has 0 saturated carbocycles. The minimum atomic E-state index is -0.934. The number of carbonyl (C=O) groups is 1. The number of carboxylic acids is 1. The van der Waals surface area contributed by atoms with Crippen molar-refractivity contribution in [3.8, 4) is 5.75 Å². The standard InChI is InChI=1S/C20H23NO3/c22-20(23)14-24-19-9-4-6-16-13-15(10-11-18(16)19)5-3-8-17-7-1-2-12-21-17/h1-2,4,6-7,9,12,15H,3,5,8,10-11,13-14H2,(H,22,23). The number of aryl methyl sites for hydroxylation is 1. The van der Waals surface area contributed by atoms with Crippen LogP contribution < -0.4 is 4.74 Å². The summed E-state index contributed by atoms with van der Waals surface area (Å²) in [5.41, 5.74) is 3.67. The van der Waals surface area contributed by atoms with E-state index in [-0.39, 0.29) is 6.61 Å². The number of aliphatic carboxylic acids is 1. The number of aromatic nitrogens is 1. The number of hydrogen-bond donors (Lipinski definition) is 1. The molecule has 1 aromatic heterocycles. The molecule has 4 nitrogen and oxygen atoms in total. The fourth-order valence-electron chi connectivity index (χ4n) is 3.49. The Morgan fingerprint density at radius 1 is 1.25 bits per heavy atom. The zero-order chi connectivity index (χ0) is 16.8. The SMILES string of the molecule is O=C(O)COc1cccc2c1CCC(CCCc1ccccn1)C2. The minimum Gasteiger partial charge on any atom is -0.482 e. The van der Waals surface area contributed by atoms with Gasteiger partial charge in [0.1, 0.15) is 5.75 Å². The highest BCUT2D eigenvalue weighted by Gasteiger charge is 2.21. The first kappa shape index (κ1) is 16.5. The molecule has 0 saturated heterocycles. The van der Waals surface area contributed by atoms with Gasteiger partial charge in [-0.25, -0.2) is 4.79 Å².